The fourth-order valence-electron chi connectivity index (χ4n) is 4.88. The Labute approximate surface area is 248 Å². The molecule has 3 unspecified atom stereocenters. The summed E-state index contributed by atoms with van der Waals surface area (Å²) in [7, 11) is -3.70. The molecule has 4 N–H and O–H groups in total. The van der Waals surface area contributed by atoms with Crippen LogP contribution in [0.1, 0.15) is 92.4 Å². The minimum absolute atomic E-state index is 0.138. The molecular weight excluding hydrogens is 561 g/mol. The molecule has 13 nitrogen and oxygen atoms in total. The first kappa shape index (κ1) is 33.9. The van der Waals surface area contributed by atoms with Gasteiger partial charge in [0.15, 0.2) is 11.5 Å². The molecule has 0 bridgehead atoms. The molecule has 2 aromatic rings. The van der Waals surface area contributed by atoms with Crippen LogP contribution in [0, 0.1) is 0 Å². The molecule has 14 heteroatoms. The Hall–Kier alpha value is -2.60. The van der Waals surface area contributed by atoms with Crippen molar-refractivity contribution < 1.29 is 28.4 Å². The van der Waals surface area contributed by atoms with E-state index < -0.39 is 37.1 Å². The first-order chi connectivity index (χ1) is 19.9. The number of aromatic nitrogens is 4. The van der Waals surface area contributed by atoms with E-state index in [0.29, 0.717) is 17.7 Å². The van der Waals surface area contributed by atoms with Crippen molar-refractivity contribution in [2.45, 2.75) is 123 Å². The molecule has 3 atom stereocenters. The quantitative estimate of drug-likeness (QED) is 0.132. The number of hydrogen-bond acceptors (Lipinski definition) is 10. The fourth-order valence-corrected chi connectivity index (χ4v) is 7.28. The molecule has 1 aliphatic rings. The molecule has 42 heavy (non-hydrogen) atoms. The van der Waals surface area contributed by atoms with Crippen molar-refractivity contribution in [3.05, 3.63) is 12.7 Å². The highest BCUT2D eigenvalue weighted by molar-refractivity contribution is 7.59. The van der Waals surface area contributed by atoms with Crippen LogP contribution in [-0.2, 0) is 34.9 Å². The third-order valence-electron chi connectivity index (χ3n) is 7.22. The smallest absolute Gasteiger partial charge is 0.326 e. The van der Waals surface area contributed by atoms with Crippen LogP contribution in [0.25, 0.3) is 11.2 Å². The molecule has 3 rings (SSSR count). The van der Waals surface area contributed by atoms with E-state index in [1.807, 2.05) is 6.92 Å². The lowest BCUT2D eigenvalue weighted by atomic mass is 9.98. The minimum atomic E-state index is -3.70. The summed E-state index contributed by atoms with van der Waals surface area (Å²) in [6, 6.07) is -0.901. The number of nitrogen functional groups attached to an aromatic ring is 1. The van der Waals surface area contributed by atoms with Gasteiger partial charge in [-0.25, -0.2) is 25.1 Å². The maximum absolute atomic E-state index is 14.3. The Kier molecular flexibility index (Phi) is 12.7. The largest absolute Gasteiger partial charge is 0.464 e. The number of nitrogens with one attached hydrogen (secondary N) is 2. The van der Waals surface area contributed by atoms with Crippen molar-refractivity contribution in [2.24, 2.45) is 0 Å². The molecule has 0 radical (unpaired) electrons. The van der Waals surface area contributed by atoms with E-state index in [4.69, 9.17) is 19.9 Å². The normalized spacial score (nSPS) is 17.5. The molecule has 1 saturated carbocycles. The van der Waals surface area contributed by atoms with Gasteiger partial charge in [-0.1, -0.05) is 32.6 Å². The van der Waals surface area contributed by atoms with Crippen molar-refractivity contribution in [2.75, 3.05) is 18.7 Å². The second kappa shape index (κ2) is 15.7. The Bertz CT molecular complexity index is 1220. The zero-order chi connectivity index (χ0) is 30.8. The van der Waals surface area contributed by atoms with Gasteiger partial charge in [-0.3, -0.25) is 14.2 Å². The van der Waals surface area contributed by atoms with Crippen LogP contribution < -0.4 is 15.9 Å². The van der Waals surface area contributed by atoms with Gasteiger partial charge in [-0.2, -0.15) is 0 Å². The molecule has 0 aromatic carbocycles. The van der Waals surface area contributed by atoms with Gasteiger partial charge in [0.25, 0.3) is 0 Å². The topological polar surface area (TPSA) is 173 Å². The lowest BCUT2D eigenvalue weighted by Gasteiger charge is -2.33. The molecule has 236 valence electrons. The van der Waals surface area contributed by atoms with E-state index in [-0.39, 0.29) is 24.9 Å². The monoisotopic (exact) mass is 609 g/mol. The number of carbonyl (C=O) groups excluding carboxylic acids is 2. The molecule has 0 amide bonds. The third-order valence-corrected chi connectivity index (χ3v) is 9.45. The van der Waals surface area contributed by atoms with E-state index in [1.54, 1.807) is 31.7 Å². The highest BCUT2D eigenvalue weighted by atomic mass is 31.2. The number of carbonyl (C=O) groups is 2. The van der Waals surface area contributed by atoms with Gasteiger partial charge >= 0.3 is 11.9 Å². The fraction of sp³-hybridized carbons (Fsp3) is 0.750. The van der Waals surface area contributed by atoms with Crippen LogP contribution >= 0.6 is 7.44 Å². The molecule has 2 aromatic heterocycles. The Morgan fingerprint density at radius 1 is 1.14 bits per heavy atom. The zero-order valence-electron chi connectivity index (χ0n) is 25.6. The zero-order valence-corrected chi connectivity index (χ0v) is 26.5. The molecule has 0 saturated heterocycles. The van der Waals surface area contributed by atoms with Gasteiger partial charge < -0.3 is 24.5 Å². The van der Waals surface area contributed by atoms with Crippen molar-refractivity contribution in [1.82, 2.24) is 29.7 Å². The van der Waals surface area contributed by atoms with Crippen molar-refractivity contribution >= 4 is 36.4 Å². The van der Waals surface area contributed by atoms with E-state index in [9.17, 15) is 14.2 Å². The first-order valence-electron chi connectivity index (χ1n) is 15.0. The number of hydrogen-bond donors (Lipinski definition) is 3. The standard InChI is InChI=1S/C28H48N7O6P/c1-6-7-8-12-15-39-27(37)28(4,5)34-42(38,33-21(3)26(36)41-22-13-10-9-11-14-22)19-40-20(2)16-35-18-32-23-24(29)30-17-31-25(23)35/h17-18,20-22H,6-16,19H2,1-5H3,(H2,29,30,31)(H2,33,34,38). The molecule has 1 fully saturated rings. The number of rotatable bonds is 17. The van der Waals surface area contributed by atoms with Crippen LogP contribution in [0.2, 0.25) is 0 Å². The number of ether oxygens (including phenoxy) is 3. The van der Waals surface area contributed by atoms with E-state index in [2.05, 4.69) is 32.1 Å². The molecule has 2 heterocycles. The SMILES string of the molecule is CCCCCCOC(=O)C(C)(C)NP(=O)(COC(C)Cn1cnc2c(N)ncnc21)NC(C)C(=O)OC1CCCCC1. The van der Waals surface area contributed by atoms with Gasteiger partial charge in [-0.05, 0) is 59.8 Å². The third kappa shape index (κ3) is 10.00. The summed E-state index contributed by atoms with van der Waals surface area (Å²) in [5.41, 5.74) is 5.62. The van der Waals surface area contributed by atoms with Gasteiger partial charge in [0, 0.05) is 0 Å². The second-order valence-corrected chi connectivity index (χ2v) is 13.9. The Morgan fingerprint density at radius 3 is 2.60 bits per heavy atom. The summed E-state index contributed by atoms with van der Waals surface area (Å²) in [5, 5.41) is 5.85. The number of imidazole rings is 1. The number of fused-ring (bicyclic) bond motifs is 1. The van der Waals surface area contributed by atoms with Crippen molar-refractivity contribution in [3.8, 4) is 0 Å². The highest BCUT2D eigenvalue weighted by Gasteiger charge is 2.39. The lowest BCUT2D eigenvalue weighted by Crippen LogP contribution is -2.50. The molecule has 1 aliphatic carbocycles. The molecule has 0 aliphatic heterocycles. The van der Waals surface area contributed by atoms with Crippen molar-refractivity contribution in [1.29, 1.82) is 0 Å². The van der Waals surface area contributed by atoms with Gasteiger partial charge in [0.1, 0.15) is 35.9 Å². The number of anilines is 1. The molecular formula is C28H48N7O6P. The summed E-state index contributed by atoms with van der Waals surface area (Å²) < 4.78 is 33.3. The summed E-state index contributed by atoms with van der Waals surface area (Å²) >= 11 is 0. The molecule has 0 spiro atoms. The Balaban J connectivity index is 1.68. The summed E-state index contributed by atoms with van der Waals surface area (Å²) in [4.78, 5) is 38.4. The maximum Gasteiger partial charge on any atom is 0.326 e. The highest BCUT2D eigenvalue weighted by Crippen LogP contribution is 2.40. The van der Waals surface area contributed by atoms with E-state index >= 15 is 0 Å². The average Bonchev–Trinajstić information content (AvgIpc) is 3.35. The second-order valence-electron chi connectivity index (χ2n) is 11.7. The van der Waals surface area contributed by atoms with Crippen LogP contribution in [0.5, 0.6) is 0 Å². The van der Waals surface area contributed by atoms with E-state index in [0.717, 1.165) is 57.8 Å². The predicted molar refractivity (Wildman–Crippen MR) is 161 cm³/mol. The predicted octanol–water partition coefficient (Wildman–Crippen LogP) is 4.31. The van der Waals surface area contributed by atoms with Crippen LogP contribution in [-0.4, -0.2) is 68.2 Å². The maximum atomic E-state index is 14.3. The number of nitrogens with two attached hydrogens (primary N) is 1. The van der Waals surface area contributed by atoms with Crippen LogP contribution in [0.15, 0.2) is 12.7 Å². The van der Waals surface area contributed by atoms with Gasteiger partial charge in [0.05, 0.1) is 25.6 Å². The van der Waals surface area contributed by atoms with E-state index in [1.165, 1.54) is 6.33 Å². The van der Waals surface area contributed by atoms with Gasteiger partial charge in [0.2, 0.25) is 7.44 Å². The first-order valence-corrected chi connectivity index (χ1v) is 16.9. The average molecular weight is 610 g/mol. The van der Waals surface area contributed by atoms with Crippen LogP contribution in [0.4, 0.5) is 5.82 Å². The van der Waals surface area contributed by atoms with Crippen LogP contribution in [0.3, 0.4) is 0 Å². The Morgan fingerprint density at radius 2 is 1.88 bits per heavy atom. The minimum Gasteiger partial charge on any atom is -0.464 e. The lowest BCUT2D eigenvalue weighted by molar-refractivity contribution is -0.152. The summed E-state index contributed by atoms with van der Waals surface area (Å²) in [6.45, 7) is 9.36. The summed E-state index contributed by atoms with van der Waals surface area (Å²) in [5.74, 6) is -0.747. The van der Waals surface area contributed by atoms with Crippen molar-refractivity contribution in [3.63, 3.8) is 0 Å². The number of unbranched alkanes of at least 4 members (excludes halogenated alkanes) is 3. The van der Waals surface area contributed by atoms with Gasteiger partial charge in [-0.15, -0.1) is 0 Å². The number of nitrogens with zero attached hydrogens (tertiary/aromatic N) is 4. The summed E-state index contributed by atoms with van der Waals surface area (Å²) in [6.07, 6.45) is 10.8. The number of esters is 2.